The van der Waals surface area contributed by atoms with Crippen molar-refractivity contribution in [3.05, 3.63) is 58.6 Å². The third kappa shape index (κ3) is 5.23. The van der Waals surface area contributed by atoms with Crippen LogP contribution in [0.4, 0.5) is 5.69 Å². The second-order valence-corrected chi connectivity index (χ2v) is 6.38. The summed E-state index contributed by atoms with van der Waals surface area (Å²) < 4.78 is 5.26. The number of hydrogen-bond donors (Lipinski definition) is 1. The standard InChI is InChI=1S/C20H23ClN2O3/c1-4-14-7-5-6-8-17(14)22-19(24)13-23(2)20(25)12-15-11-16(21)9-10-18(15)26-3/h5-11H,4,12-13H2,1-3H3,(H,22,24). The average Bonchev–Trinajstić information content (AvgIpc) is 2.62. The van der Waals surface area contributed by atoms with Gasteiger partial charge in [-0.1, -0.05) is 36.7 Å². The van der Waals surface area contributed by atoms with E-state index >= 15 is 0 Å². The lowest BCUT2D eigenvalue weighted by molar-refractivity contribution is -0.132. The fourth-order valence-corrected chi connectivity index (χ4v) is 2.82. The molecule has 0 heterocycles. The summed E-state index contributed by atoms with van der Waals surface area (Å²) in [5, 5.41) is 3.40. The highest BCUT2D eigenvalue weighted by Crippen LogP contribution is 2.23. The molecule has 0 saturated heterocycles. The molecule has 2 aromatic carbocycles. The van der Waals surface area contributed by atoms with E-state index < -0.39 is 0 Å². The number of benzene rings is 2. The topological polar surface area (TPSA) is 58.6 Å². The molecule has 0 radical (unpaired) electrons. The first kappa shape index (κ1) is 19.8. The second kappa shape index (κ2) is 9.25. The molecule has 0 bridgehead atoms. The van der Waals surface area contributed by atoms with Gasteiger partial charge in [-0.3, -0.25) is 9.59 Å². The molecule has 2 aromatic rings. The van der Waals surface area contributed by atoms with E-state index in [2.05, 4.69) is 5.32 Å². The van der Waals surface area contributed by atoms with Crippen LogP contribution in [0.2, 0.25) is 5.02 Å². The van der Waals surface area contributed by atoms with E-state index in [0.29, 0.717) is 16.3 Å². The number of anilines is 1. The lowest BCUT2D eigenvalue weighted by Gasteiger charge is -2.18. The molecule has 5 nitrogen and oxygen atoms in total. The summed E-state index contributed by atoms with van der Waals surface area (Å²) in [5.74, 6) is 0.168. The first-order valence-corrected chi connectivity index (χ1v) is 8.76. The predicted molar refractivity (Wildman–Crippen MR) is 104 cm³/mol. The van der Waals surface area contributed by atoms with Crippen LogP contribution in [0.25, 0.3) is 0 Å². The van der Waals surface area contributed by atoms with Crippen molar-refractivity contribution >= 4 is 29.1 Å². The molecule has 0 aliphatic heterocycles. The van der Waals surface area contributed by atoms with Gasteiger partial charge < -0.3 is 15.0 Å². The van der Waals surface area contributed by atoms with Crippen LogP contribution >= 0.6 is 11.6 Å². The number of carbonyl (C=O) groups excluding carboxylic acids is 2. The first-order chi connectivity index (χ1) is 12.4. The molecule has 1 N–H and O–H groups in total. The van der Waals surface area contributed by atoms with Crippen LogP contribution in [-0.2, 0) is 22.4 Å². The van der Waals surface area contributed by atoms with Crippen molar-refractivity contribution in [2.45, 2.75) is 19.8 Å². The number of halogens is 1. The minimum absolute atomic E-state index is 0.0280. The Morgan fingerprint density at radius 3 is 2.58 bits per heavy atom. The number of likely N-dealkylation sites (N-methyl/N-ethyl adjacent to an activating group) is 1. The van der Waals surface area contributed by atoms with Crippen molar-refractivity contribution in [1.82, 2.24) is 4.90 Å². The number of carbonyl (C=O) groups is 2. The maximum absolute atomic E-state index is 12.5. The summed E-state index contributed by atoms with van der Waals surface area (Å²) in [6.07, 6.45) is 0.929. The molecule has 2 rings (SSSR count). The monoisotopic (exact) mass is 374 g/mol. The largest absolute Gasteiger partial charge is 0.496 e. The number of nitrogens with one attached hydrogen (secondary N) is 1. The Morgan fingerprint density at radius 2 is 1.88 bits per heavy atom. The van der Waals surface area contributed by atoms with E-state index in [9.17, 15) is 9.59 Å². The molecule has 0 aromatic heterocycles. The minimum Gasteiger partial charge on any atom is -0.496 e. The van der Waals surface area contributed by atoms with Crippen LogP contribution in [0.15, 0.2) is 42.5 Å². The Bertz CT molecular complexity index is 792. The highest BCUT2D eigenvalue weighted by Gasteiger charge is 2.16. The molecule has 0 saturated carbocycles. The highest BCUT2D eigenvalue weighted by atomic mass is 35.5. The van der Waals surface area contributed by atoms with Crippen LogP contribution in [0.3, 0.4) is 0 Å². The Hall–Kier alpha value is -2.53. The van der Waals surface area contributed by atoms with Gasteiger partial charge in [-0.25, -0.2) is 0 Å². The van der Waals surface area contributed by atoms with Gasteiger partial charge in [0.05, 0.1) is 20.1 Å². The van der Waals surface area contributed by atoms with Crippen LogP contribution in [0.5, 0.6) is 5.75 Å². The lowest BCUT2D eigenvalue weighted by Crippen LogP contribution is -2.36. The molecule has 6 heteroatoms. The fourth-order valence-electron chi connectivity index (χ4n) is 2.63. The number of ether oxygens (including phenoxy) is 1. The second-order valence-electron chi connectivity index (χ2n) is 5.94. The van der Waals surface area contributed by atoms with E-state index in [1.54, 1.807) is 32.4 Å². The van der Waals surface area contributed by atoms with Crippen molar-refractivity contribution < 1.29 is 14.3 Å². The zero-order valence-corrected chi connectivity index (χ0v) is 16.0. The first-order valence-electron chi connectivity index (χ1n) is 8.38. The van der Waals surface area contributed by atoms with E-state index in [1.807, 2.05) is 31.2 Å². The number of hydrogen-bond acceptors (Lipinski definition) is 3. The highest BCUT2D eigenvalue weighted by molar-refractivity contribution is 6.30. The molecule has 138 valence electrons. The summed E-state index contributed by atoms with van der Waals surface area (Å²) in [7, 11) is 3.14. The van der Waals surface area contributed by atoms with Crippen molar-refractivity contribution in [3.63, 3.8) is 0 Å². The summed E-state index contributed by atoms with van der Waals surface area (Å²) in [6.45, 7) is 2.00. The van der Waals surface area contributed by atoms with Crippen molar-refractivity contribution in [2.75, 3.05) is 26.0 Å². The third-order valence-corrected chi connectivity index (χ3v) is 4.30. The van der Waals surface area contributed by atoms with E-state index in [1.165, 1.54) is 4.90 Å². The predicted octanol–water partition coefficient (Wildman–Crippen LogP) is 3.55. The minimum atomic E-state index is -0.236. The molecule has 0 aliphatic rings. The molecule has 0 unspecified atom stereocenters. The Morgan fingerprint density at radius 1 is 1.15 bits per heavy atom. The zero-order chi connectivity index (χ0) is 19.1. The van der Waals surface area contributed by atoms with Crippen molar-refractivity contribution in [3.8, 4) is 5.75 Å². The van der Waals surface area contributed by atoms with Crippen LogP contribution in [-0.4, -0.2) is 37.4 Å². The summed E-state index contributed by atoms with van der Waals surface area (Å²) in [5.41, 5.74) is 2.52. The van der Waals surface area contributed by atoms with Crippen molar-refractivity contribution in [2.24, 2.45) is 0 Å². The van der Waals surface area contributed by atoms with Gasteiger partial charge in [-0.05, 0) is 36.2 Å². The summed E-state index contributed by atoms with van der Waals surface area (Å²) >= 11 is 6.00. The zero-order valence-electron chi connectivity index (χ0n) is 15.2. The maximum Gasteiger partial charge on any atom is 0.243 e. The Balaban J connectivity index is 1.98. The van der Waals surface area contributed by atoms with Gasteiger partial charge in [0.1, 0.15) is 5.75 Å². The number of nitrogens with zero attached hydrogens (tertiary/aromatic N) is 1. The number of para-hydroxylation sites is 1. The van der Waals surface area contributed by atoms with Gasteiger partial charge in [-0.15, -0.1) is 0 Å². The number of methoxy groups -OCH3 is 1. The van der Waals surface area contributed by atoms with Crippen molar-refractivity contribution in [1.29, 1.82) is 0 Å². The van der Waals surface area contributed by atoms with E-state index in [4.69, 9.17) is 16.3 Å². The molecule has 26 heavy (non-hydrogen) atoms. The summed E-state index contributed by atoms with van der Waals surface area (Å²) in [4.78, 5) is 26.1. The van der Waals surface area contributed by atoms with Gasteiger partial charge in [0.2, 0.25) is 11.8 Å². The summed E-state index contributed by atoms with van der Waals surface area (Å²) in [6, 6.07) is 12.8. The van der Waals surface area contributed by atoms with E-state index in [-0.39, 0.29) is 24.8 Å². The van der Waals surface area contributed by atoms with Crippen LogP contribution in [0.1, 0.15) is 18.1 Å². The molecule has 0 aliphatic carbocycles. The third-order valence-electron chi connectivity index (χ3n) is 4.06. The SMILES string of the molecule is CCc1ccccc1NC(=O)CN(C)C(=O)Cc1cc(Cl)ccc1OC. The maximum atomic E-state index is 12.5. The fraction of sp³-hybridized carbons (Fsp3) is 0.300. The molecule has 2 amide bonds. The average molecular weight is 375 g/mol. The van der Waals surface area contributed by atoms with Crippen LogP contribution in [0, 0.1) is 0 Å². The molecule has 0 spiro atoms. The molecular formula is C20H23ClN2O3. The lowest BCUT2D eigenvalue weighted by atomic mass is 10.1. The Kier molecular flexibility index (Phi) is 7.04. The van der Waals surface area contributed by atoms with E-state index in [0.717, 1.165) is 17.7 Å². The number of aryl methyl sites for hydroxylation is 1. The Labute approximate surface area is 158 Å². The number of amides is 2. The van der Waals surface area contributed by atoms with Gasteiger partial charge in [0, 0.05) is 23.3 Å². The van der Waals surface area contributed by atoms with Gasteiger partial charge in [0.15, 0.2) is 0 Å². The van der Waals surface area contributed by atoms with Gasteiger partial charge >= 0.3 is 0 Å². The smallest absolute Gasteiger partial charge is 0.243 e. The van der Waals surface area contributed by atoms with Crippen LogP contribution < -0.4 is 10.1 Å². The van der Waals surface area contributed by atoms with Gasteiger partial charge in [0.25, 0.3) is 0 Å². The normalized spacial score (nSPS) is 10.3. The number of rotatable bonds is 7. The molecular weight excluding hydrogens is 352 g/mol. The molecule has 0 atom stereocenters. The quantitative estimate of drug-likeness (QED) is 0.806. The molecule has 0 fully saturated rings. The van der Waals surface area contributed by atoms with Gasteiger partial charge in [-0.2, -0.15) is 0 Å².